The molecule has 2 heteroatoms. The van der Waals surface area contributed by atoms with Gasteiger partial charge in [-0.3, -0.25) is 4.99 Å². The third-order valence-electron chi connectivity index (χ3n) is 2.46. The maximum absolute atomic E-state index is 5.57. The minimum absolute atomic E-state index is 0.681. The van der Waals surface area contributed by atoms with E-state index in [1.807, 2.05) is 12.2 Å². The lowest BCUT2D eigenvalue weighted by atomic mass is 10.1. The third kappa shape index (κ3) is 1.01. The summed E-state index contributed by atoms with van der Waals surface area (Å²) in [7, 11) is 0. The van der Waals surface area contributed by atoms with Crippen LogP contribution in [0.25, 0.3) is 18.2 Å². The fraction of sp³-hybridized carbons (Fsp3) is 0.0833. The first-order chi connectivity index (χ1) is 6.95. The van der Waals surface area contributed by atoms with Gasteiger partial charge in [-0.05, 0) is 23.4 Å². The first-order valence-corrected chi connectivity index (χ1v) is 4.61. The van der Waals surface area contributed by atoms with Crippen molar-refractivity contribution in [2.45, 2.75) is 0 Å². The van der Waals surface area contributed by atoms with Crippen molar-refractivity contribution >= 4 is 24.4 Å². The molecule has 0 aliphatic carbocycles. The van der Waals surface area contributed by atoms with Crippen LogP contribution in [0, 0.1) is 0 Å². The number of ether oxygens (including phenoxy) is 1. The molecule has 1 aromatic rings. The van der Waals surface area contributed by atoms with Crippen molar-refractivity contribution in [1.82, 2.24) is 0 Å². The van der Waals surface area contributed by atoms with Gasteiger partial charge < -0.3 is 4.74 Å². The van der Waals surface area contributed by atoms with Crippen LogP contribution in [0.5, 0.6) is 5.75 Å². The van der Waals surface area contributed by atoms with Crippen molar-refractivity contribution in [2.75, 3.05) is 6.61 Å². The van der Waals surface area contributed by atoms with Crippen molar-refractivity contribution < 1.29 is 4.74 Å². The van der Waals surface area contributed by atoms with Gasteiger partial charge in [0.05, 0.1) is 0 Å². The molecule has 0 N–H and O–H groups in total. The lowest BCUT2D eigenvalue weighted by Gasteiger charge is -2.02. The molecule has 3 rings (SSSR count). The van der Waals surface area contributed by atoms with E-state index in [4.69, 9.17) is 4.74 Å². The Labute approximate surface area is 81.5 Å². The number of nitrogens with zero attached hydrogens (tertiary/aromatic N) is 1. The van der Waals surface area contributed by atoms with Crippen molar-refractivity contribution in [3.05, 3.63) is 34.3 Å². The molecule has 0 fully saturated rings. The van der Waals surface area contributed by atoms with E-state index >= 15 is 0 Å². The van der Waals surface area contributed by atoms with Crippen LogP contribution in [0.1, 0.15) is 5.56 Å². The molecule has 0 saturated carbocycles. The van der Waals surface area contributed by atoms with E-state index in [-0.39, 0.29) is 0 Å². The molecule has 2 heterocycles. The van der Waals surface area contributed by atoms with Gasteiger partial charge in [-0.2, -0.15) is 0 Å². The molecule has 0 spiro atoms. The van der Waals surface area contributed by atoms with Crippen LogP contribution < -0.4 is 15.2 Å². The van der Waals surface area contributed by atoms with Gasteiger partial charge in [0.1, 0.15) is 12.4 Å². The van der Waals surface area contributed by atoms with Gasteiger partial charge >= 0.3 is 0 Å². The Morgan fingerprint density at radius 2 is 2.14 bits per heavy atom. The van der Waals surface area contributed by atoms with Crippen LogP contribution in [0.3, 0.4) is 0 Å². The Morgan fingerprint density at radius 1 is 1.21 bits per heavy atom. The van der Waals surface area contributed by atoms with E-state index < -0.39 is 0 Å². The van der Waals surface area contributed by atoms with Gasteiger partial charge in [-0.15, -0.1) is 0 Å². The summed E-state index contributed by atoms with van der Waals surface area (Å²) >= 11 is 0. The Bertz CT molecular complexity index is 552. The van der Waals surface area contributed by atoms with Crippen LogP contribution in [0.15, 0.2) is 23.3 Å². The molecule has 0 aromatic heterocycles. The van der Waals surface area contributed by atoms with Crippen molar-refractivity contribution in [3.8, 4) is 5.75 Å². The van der Waals surface area contributed by atoms with E-state index in [2.05, 4.69) is 23.2 Å². The number of aliphatic imine (C=N–C) groups is 1. The summed E-state index contributed by atoms with van der Waals surface area (Å²) in [5.74, 6) is 0.987. The van der Waals surface area contributed by atoms with Crippen molar-refractivity contribution in [2.24, 2.45) is 4.99 Å². The van der Waals surface area contributed by atoms with Crippen molar-refractivity contribution in [1.29, 1.82) is 0 Å². The maximum atomic E-state index is 5.57. The molecule has 2 aliphatic heterocycles. The van der Waals surface area contributed by atoms with Gasteiger partial charge in [0, 0.05) is 23.2 Å². The van der Waals surface area contributed by atoms with Gasteiger partial charge in [0.15, 0.2) is 0 Å². The smallest absolute Gasteiger partial charge is 0.134 e. The molecule has 0 saturated heterocycles. The second kappa shape index (κ2) is 2.84. The molecule has 68 valence electrons. The highest BCUT2D eigenvalue weighted by atomic mass is 16.5. The maximum Gasteiger partial charge on any atom is 0.134 e. The highest BCUT2D eigenvalue weighted by Crippen LogP contribution is 2.14. The monoisotopic (exact) mass is 183 g/mol. The molecule has 2 nitrogen and oxygen atoms in total. The van der Waals surface area contributed by atoms with Crippen LogP contribution in [-0.4, -0.2) is 12.8 Å². The molecular weight excluding hydrogens is 174 g/mol. The first kappa shape index (κ1) is 7.56. The van der Waals surface area contributed by atoms with Gasteiger partial charge in [-0.25, -0.2) is 0 Å². The Kier molecular flexibility index (Phi) is 1.53. The summed E-state index contributed by atoms with van der Waals surface area (Å²) in [6, 6.07) is 4.19. The van der Waals surface area contributed by atoms with Gasteiger partial charge in [0.25, 0.3) is 0 Å². The number of hydrogen-bond donors (Lipinski definition) is 0. The topological polar surface area (TPSA) is 21.6 Å². The molecule has 0 amide bonds. The number of hydrogen-bond acceptors (Lipinski definition) is 2. The molecular formula is C12H9NO. The SMILES string of the molecule is C1=Cc2c3c(ccc2=CC=N1)=CCO3. The summed E-state index contributed by atoms with van der Waals surface area (Å²) in [5, 5.41) is 2.35. The molecule has 1 aromatic carbocycles. The minimum atomic E-state index is 0.681. The summed E-state index contributed by atoms with van der Waals surface area (Å²) in [6.07, 6.45) is 9.68. The molecule has 2 aliphatic rings. The highest BCUT2D eigenvalue weighted by Gasteiger charge is 2.09. The number of fused-ring (bicyclic) bond motifs is 3. The van der Waals surface area contributed by atoms with Crippen LogP contribution in [0.4, 0.5) is 0 Å². The van der Waals surface area contributed by atoms with Crippen LogP contribution in [-0.2, 0) is 0 Å². The van der Waals surface area contributed by atoms with E-state index in [0.29, 0.717) is 6.61 Å². The lowest BCUT2D eigenvalue weighted by Crippen LogP contribution is -2.12. The van der Waals surface area contributed by atoms with Crippen molar-refractivity contribution in [3.63, 3.8) is 0 Å². The Morgan fingerprint density at radius 3 is 3.14 bits per heavy atom. The zero-order chi connectivity index (χ0) is 9.38. The van der Waals surface area contributed by atoms with Crippen LogP contribution >= 0.6 is 0 Å². The predicted molar refractivity (Wildman–Crippen MR) is 57.6 cm³/mol. The zero-order valence-corrected chi connectivity index (χ0v) is 7.60. The average molecular weight is 183 g/mol. The van der Waals surface area contributed by atoms with Gasteiger partial charge in [0.2, 0.25) is 0 Å². The molecule has 14 heavy (non-hydrogen) atoms. The number of rotatable bonds is 0. The first-order valence-electron chi connectivity index (χ1n) is 4.61. The second-order valence-corrected chi connectivity index (χ2v) is 3.28. The summed E-state index contributed by atoms with van der Waals surface area (Å²) in [6.45, 7) is 0.681. The molecule has 0 atom stereocenters. The predicted octanol–water partition coefficient (Wildman–Crippen LogP) is 0.695. The summed E-state index contributed by atoms with van der Waals surface area (Å²) in [5.41, 5.74) is 1.13. The highest BCUT2D eigenvalue weighted by molar-refractivity contribution is 5.93. The van der Waals surface area contributed by atoms with Gasteiger partial charge in [-0.1, -0.05) is 12.1 Å². The summed E-state index contributed by atoms with van der Waals surface area (Å²) < 4.78 is 5.57. The molecule has 0 radical (unpaired) electrons. The quantitative estimate of drug-likeness (QED) is 0.580. The second-order valence-electron chi connectivity index (χ2n) is 3.28. The normalized spacial score (nSPS) is 16.0. The average Bonchev–Trinajstić information content (AvgIpc) is 2.55. The van der Waals surface area contributed by atoms with E-state index in [1.54, 1.807) is 12.4 Å². The largest absolute Gasteiger partial charge is 0.488 e. The van der Waals surface area contributed by atoms with E-state index in [9.17, 15) is 0 Å². The zero-order valence-electron chi connectivity index (χ0n) is 7.60. The molecule has 0 unspecified atom stereocenters. The fourth-order valence-corrected chi connectivity index (χ4v) is 1.78. The fourth-order valence-electron chi connectivity index (χ4n) is 1.78. The lowest BCUT2D eigenvalue weighted by molar-refractivity contribution is 0.384. The Hall–Kier alpha value is -1.83. The molecule has 0 bridgehead atoms. The van der Waals surface area contributed by atoms with E-state index in [1.165, 1.54) is 5.22 Å². The van der Waals surface area contributed by atoms with Crippen LogP contribution in [0.2, 0.25) is 0 Å². The Balaban J connectivity index is 2.42. The minimum Gasteiger partial charge on any atom is -0.488 e. The standard InChI is InChI=1S/C12H9NO/c1-2-10-5-8-14-12(10)11-4-7-13-6-3-9(1)11/h1-7H,8H2. The third-order valence-corrected chi connectivity index (χ3v) is 2.46. The number of benzene rings is 1. The summed E-state index contributed by atoms with van der Waals surface area (Å²) in [4.78, 5) is 4.08. The van der Waals surface area contributed by atoms with E-state index in [0.717, 1.165) is 16.5 Å².